The van der Waals surface area contributed by atoms with E-state index in [1.165, 1.54) is 0 Å². The van der Waals surface area contributed by atoms with Crippen LogP contribution < -0.4 is 0 Å². The van der Waals surface area contributed by atoms with Gasteiger partial charge in [0.2, 0.25) is 0 Å². The number of hydrogen-bond acceptors (Lipinski definition) is 4. The van der Waals surface area contributed by atoms with Gasteiger partial charge < -0.3 is 4.74 Å². The number of hydrogen-bond donors (Lipinski definition) is 1. The quantitative estimate of drug-likeness (QED) is 0.733. The number of aromatic amines is 1. The first-order valence-electron chi connectivity index (χ1n) is 5.71. The molecule has 0 spiro atoms. The van der Waals surface area contributed by atoms with Gasteiger partial charge in [0.25, 0.3) is 0 Å². The van der Waals surface area contributed by atoms with Crippen LogP contribution in [0.1, 0.15) is 28.2 Å². The Bertz CT molecular complexity index is 398. The molecule has 0 aromatic carbocycles. The van der Waals surface area contributed by atoms with Gasteiger partial charge in [0.05, 0.1) is 24.9 Å². The smallest absolute Gasteiger partial charge is 0.170 e. The van der Waals surface area contributed by atoms with E-state index in [-0.39, 0.29) is 0 Å². The Morgan fingerprint density at radius 3 is 3.06 bits per heavy atom. The average molecular weight is 221 g/mol. The van der Waals surface area contributed by atoms with Crippen LogP contribution in [0.2, 0.25) is 0 Å². The first-order chi connectivity index (χ1) is 7.88. The van der Waals surface area contributed by atoms with Crippen molar-refractivity contribution in [1.29, 1.82) is 0 Å². The molecule has 2 aliphatic rings. The maximum atomic E-state index is 10.8. The van der Waals surface area contributed by atoms with E-state index in [0.29, 0.717) is 11.7 Å². The SMILES string of the molecule is O=Cc1n[nH]c2c1CCCN(C1COC1)C2. The number of fused-ring (bicyclic) bond motifs is 1. The Labute approximate surface area is 93.8 Å². The van der Waals surface area contributed by atoms with Crippen LogP contribution in [0, 0.1) is 0 Å². The number of carbonyl (C=O) groups is 1. The minimum atomic E-state index is 0.550. The Morgan fingerprint density at radius 2 is 2.38 bits per heavy atom. The number of ether oxygens (including phenoxy) is 1. The van der Waals surface area contributed by atoms with Gasteiger partial charge in [-0.2, -0.15) is 5.10 Å². The molecule has 1 aromatic heterocycles. The van der Waals surface area contributed by atoms with E-state index >= 15 is 0 Å². The van der Waals surface area contributed by atoms with Crippen molar-refractivity contribution in [3.05, 3.63) is 17.0 Å². The van der Waals surface area contributed by atoms with Gasteiger partial charge >= 0.3 is 0 Å². The molecule has 5 nitrogen and oxygen atoms in total. The molecule has 1 saturated heterocycles. The second kappa shape index (κ2) is 3.99. The van der Waals surface area contributed by atoms with E-state index in [1.807, 2.05) is 0 Å². The molecule has 2 aliphatic heterocycles. The molecule has 3 heterocycles. The Morgan fingerprint density at radius 1 is 1.50 bits per heavy atom. The Balaban J connectivity index is 1.83. The molecule has 1 fully saturated rings. The van der Waals surface area contributed by atoms with Gasteiger partial charge in [0.1, 0.15) is 5.69 Å². The summed E-state index contributed by atoms with van der Waals surface area (Å²) < 4.78 is 5.22. The highest BCUT2D eigenvalue weighted by atomic mass is 16.5. The number of rotatable bonds is 2. The highest BCUT2D eigenvalue weighted by Gasteiger charge is 2.29. The molecule has 0 aliphatic carbocycles. The van der Waals surface area contributed by atoms with Crippen LogP contribution in [0.5, 0.6) is 0 Å². The maximum absolute atomic E-state index is 10.8. The summed E-state index contributed by atoms with van der Waals surface area (Å²) in [6.07, 6.45) is 2.88. The number of aromatic nitrogens is 2. The third-order valence-electron chi connectivity index (χ3n) is 3.47. The molecule has 3 rings (SSSR count). The highest BCUT2D eigenvalue weighted by molar-refractivity contribution is 5.74. The summed E-state index contributed by atoms with van der Waals surface area (Å²) in [5, 5.41) is 7.03. The van der Waals surface area contributed by atoms with Gasteiger partial charge in [-0.25, -0.2) is 0 Å². The van der Waals surface area contributed by atoms with Crippen molar-refractivity contribution in [3.63, 3.8) is 0 Å². The largest absolute Gasteiger partial charge is 0.378 e. The first kappa shape index (κ1) is 9.99. The number of aldehydes is 1. The fourth-order valence-electron chi connectivity index (χ4n) is 2.41. The fraction of sp³-hybridized carbons (Fsp3) is 0.636. The predicted octanol–water partition coefficient (Wildman–Crippen LogP) is 0.369. The molecule has 86 valence electrons. The summed E-state index contributed by atoms with van der Waals surface area (Å²) in [5.74, 6) is 0. The maximum Gasteiger partial charge on any atom is 0.170 e. The zero-order valence-electron chi connectivity index (χ0n) is 9.11. The van der Waals surface area contributed by atoms with Crippen molar-refractivity contribution >= 4 is 6.29 Å². The summed E-state index contributed by atoms with van der Waals surface area (Å²) in [6, 6.07) is 0.550. The van der Waals surface area contributed by atoms with Crippen LogP contribution in [0.3, 0.4) is 0 Å². The minimum absolute atomic E-state index is 0.550. The first-order valence-corrected chi connectivity index (χ1v) is 5.71. The average Bonchev–Trinajstić information content (AvgIpc) is 2.47. The Kier molecular flexibility index (Phi) is 2.49. The van der Waals surface area contributed by atoms with Crippen molar-refractivity contribution in [3.8, 4) is 0 Å². The number of nitrogens with zero attached hydrogens (tertiary/aromatic N) is 2. The lowest BCUT2D eigenvalue weighted by Gasteiger charge is -2.36. The lowest BCUT2D eigenvalue weighted by molar-refractivity contribution is -0.0677. The summed E-state index contributed by atoms with van der Waals surface area (Å²) in [7, 11) is 0. The minimum Gasteiger partial charge on any atom is -0.378 e. The van der Waals surface area contributed by atoms with Gasteiger partial charge in [-0.05, 0) is 19.4 Å². The van der Waals surface area contributed by atoms with E-state index in [1.54, 1.807) is 0 Å². The summed E-state index contributed by atoms with van der Waals surface area (Å²) >= 11 is 0. The summed E-state index contributed by atoms with van der Waals surface area (Å²) in [4.78, 5) is 13.2. The van der Waals surface area contributed by atoms with E-state index in [0.717, 1.165) is 56.7 Å². The van der Waals surface area contributed by atoms with E-state index in [2.05, 4.69) is 15.1 Å². The van der Waals surface area contributed by atoms with E-state index in [9.17, 15) is 4.79 Å². The van der Waals surface area contributed by atoms with Gasteiger partial charge in [-0.3, -0.25) is 14.8 Å². The summed E-state index contributed by atoms with van der Waals surface area (Å²) in [6.45, 7) is 3.62. The molecule has 16 heavy (non-hydrogen) atoms. The van der Waals surface area contributed by atoms with Gasteiger partial charge in [-0.15, -0.1) is 0 Å². The lowest BCUT2D eigenvalue weighted by Crippen LogP contribution is -2.48. The van der Waals surface area contributed by atoms with Crippen molar-refractivity contribution in [2.45, 2.75) is 25.4 Å². The molecule has 5 heteroatoms. The number of H-pyrrole nitrogens is 1. The highest BCUT2D eigenvalue weighted by Crippen LogP contribution is 2.22. The van der Waals surface area contributed by atoms with Crippen molar-refractivity contribution in [1.82, 2.24) is 15.1 Å². The zero-order chi connectivity index (χ0) is 11.0. The molecule has 1 N–H and O–H groups in total. The van der Waals surface area contributed by atoms with Gasteiger partial charge in [0.15, 0.2) is 6.29 Å². The van der Waals surface area contributed by atoms with Crippen LogP contribution >= 0.6 is 0 Å². The van der Waals surface area contributed by atoms with E-state index < -0.39 is 0 Å². The molecule has 0 atom stereocenters. The van der Waals surface area contributed by atoms with Crippen molar-refractivity contribution in [2.24, 2.45) is 0 Å². The summed E-state index contributed by atoms with van der Waals surface area (Å²) in [5.41, 5.74) is 2.80. The second-order valence-corrected chi connectivity index (χ2v) is 4.45. The second-order valence-electron chi connectivity index (χ2n) is 4.45. The predicted molar refractivity (Wildman–Crippen MR) is 57.3 cm³/mol. The molecular formula is C11H15N3O2. The molecule has 0 saturated carbocycles. The number of carbonyl (C=O) groups excluding carboxylic acids is 1. The third-order valence-corrected chi connectivity index (χ3v) is 3.47. The normalized spacial score (nSPS) is 22.2. The van der Waals surface area contributed by atoms with Crippen molar-refractivity contribution in [2.75, 3.05) is 19.8 Å². The molecule has 0 bridgehead atoms. The molecule has 0 radical (unpaired) electrons. The zero-order valence-corrected chi connectivity index (χ0v) is 9.11. The van der Waals surface area contributed by atoms with E-state index in [4.69, 9.17) is 4.74 Å². The standard InChI is InChI=1S/C11H15N3O2/c15-5-11-9-2-1-3-14(8-6-16-7-8)4-10(9)12-13-11/h5,8H,1-4,6-7H2,(H,12,13). The molecule has 1 aromatic rings. The fourth-order valence-corrected chi connectivity index (χ4v) is 2.41. The van der Waals surface area contributed by atoms with Crippen LogP contribution in [-0.4, -0.2) is 47.2 Å². The van der Waals surface area contributed by atoms with Crippen LogP contribution in [0.15, 0.2) is 0 Å². The lowest BCUT2D eigenvalue weighted by atomic mass is 10.1. The molecule has 0 amide bonds. The topological polar surface area (TPSA) is 58.2 Å². The van der Waals surface area contributed by atoms with Crippen LogP contribution in [-0.2, 0) is 17.7 Å². The monoisotopic (exact) mass is 221 g/mol. The van der Waals surface area contributed by atoms with Gasteiger partial charge in [0, 0.05) is 12.1 Å². The van der Waals surface area contributed by atoms with Crippen molar-refractivity contribution < 1.29 is 9.53 Å². The van der Waals surface area contributed by atoms with Gasteiger partial charge in [-0.1, -0.05) is 0 Å². The van der Waals surface area contributed by atoms with Crippen LogP contribution in [0.4, 0.5) is 0 Å². The molecule has 0 unspecified atom stereocenters. The molecular weight excluding hydrogens is 206 g/mol. The Hall–Kier alpha value is -1.20. The van der Waals surface area contributed by atoms with Crippen LogP contribution in [0.25, 0.3) is 0 Å². The number of nitrogens with one attached hydrogen (secondary N) is 1. The third kappa shape index (κ3) is 1.56.